The summed E-state index contributed by atoms with van der Waals surface area (Å²) in [6.45, 7) is 2.39. The van der Waals surface area contributed by atoms with Gasteiger partial charge in [0.05, 0.1) is 17.6 Å². The lowest BCUT2D eigenvalue weighted by atomic mass is 10.0. The van der Waals surface area contributed by atoms with Crippen LogP contribution in [-0.2, 0) is 9.53 Å². The van der Waals surface area contributed by atoms with Gasteiger partial charge in [-0.1, -0.05) is 5.16 Å². The number of oxime groups is 1. The van der Waals surface area contributed by atoms with Crippen molar-refractivity contribution in [1.29, 1.82) is 0 Å². The Morgan fingerprint density at radius 1 is 1.60 bits per heavy atom. The first-order valence-corrected chi connectivity index (χ1v) is 6.23. The Hall–Kier alpha value is -2.15. The van der Waals surface area contributed by atoms with Gasteiger partial charge >= 0.3 is 0 Å². The van der Waals surface area contributed by atoms with Gasteiger partial charge in [-0.25, -0.2) is 4.39 Å². The molecule has 1 aromatic carbocycles. The summed E-state index contributed by atoms with van der Waals surface area (Å²) in [7, 11) is 0. The van der Waals surface area contributed by atoms with Crippen LogP contribution < -0.4 is 11.1 Å². The van der Waals surface area contributed by atoms with Crippen molar-refractivity contribution in [2.24, 2.45) is 16.8 Å². The fraction of sp³-hybridized carbons (Fsp3) is 0.385. The van der Waals surface area contributed by atoms with Crippen LogP contribution in [0.1, 0.15) is 18.9 Å². The summed E-state index contributed by atoms with van der Waals surface area (Å²) in [4.78, 5) is 12.1. The molecule has 2 rings (SSSR count). The van der Waals surface area contributed by atoms with Gasteiger partial charge < -0.3 is 21.0 Å². The summed E-state index contributed by atoms with van der Waals surface area (Å²) in [5.41, 5.74) is 5.68. The molecule has 20 heavy (non-hydrogen) atoms. The molecule has 108 valence electrons. The van der Waals surface area contributed by atoms with Gasteiger partial charge in [-0.15, -0.1) is 0 Å². The third-order valence-corrected chi connectivity index (χ3v) is 3.33. The van der Waals surface area contributed by atoms with E-state index in [1.54, 1.807) is 0 Å². The number of benzene rings is 1. The van der Waals surface area contributed by atoms with Crippen LogP contribution in [0.5, 0.6) is 0 Å². The topological polar surface area (TPSA) is 96.9 Å². The number of rotatable bonds is 3. The third kappa shape index (κ3) is 2.88. The standard InChI is InChI=1S/C13H16FN3O3/c1-7-9(4-5-20-7)13(18)16-8-2-3-11(14)10(6-8)12(15)17-19/h2-3,6-7,9,19H,4-5H2,1H3,(H2,15,17)(H,16,18). The number of amidine groups is 1. The Bertz CT molecular complexity index is 548. The molecule has 0 radical (unpaired) electrons. The van der Waals surface area contributed by atoms with E-state index in [1.807, 2.05) is 6.92 Å². The molecule has 1 fully saturated rings. The second-order valence-corrected chi connectivity index (χ2v) is 4.64. The molecule has 1 aliphatic heterocycles. The molecule has 1 saturated heterocycles. The lowest BCUT2D eigenvalue weighted by Crippen LogP contribution is -2.28. The Labute approximate surface area is 115 Å². The van der Waals surface area contributed by atoms with E-state index in [4.69, 9.17) is 15.7 Å². The van der Waals surface area contributed by atoms with Gasteiger partial charge in [-0.3, -0.25) is 4.79 Å². The highest BCUT2D eigenvalue weighted by Crippen LogP contribution is 2.23. The molecule has 2 atom stereocenters. The minimum Gasteiger partial charge on any atom is -0.409 e. The van der Waals surface area contributed by atoms with Crippen LogP contribution in [0.4, 0.5) is 10.1 Å². The van der Waals surface area contributed by atoms with E-state index in [-0.39, 0.29) is 29.3 Å². The molecular formula is C13H16FN3O3. The minimum absolute atomic E-state index is 0.0685. The summed E-state index contributed by atoms with van der Waals surface area (Å²) in [5.74, 6) is -1.40. The van der Waals surface area contributed by atoms with E-state index in [1.165, 1.54) is 12.1 Å². The summed E-state index contributed by atoms with van der Waals surface area (Å²) >= 11 is 0. The predicted molar refractivity (Wildman–Crippen MR) is 71.1 cm³/mol. The lowest BCUT2D eigenvalue weighted by Gasteiger charge is -2.14. The summed E-state index contributed by atoms with van der Waals surface area (Å²) < 4.78 is 18.8. The quantitative estimate of drug-likeness (QED) is 0.336. The molecule has 1 amide bonds. The Morgan fingerprint density at radius 2 is 2.35 bits per heavy atom. The first-order chi connectivity index (χ1) is 9.52. The minimum atomic E-state index is -0.629. The van der Waals surface area contributed by atoms with Gasteiger partial charge in [0.15, 0.2) is 5.84 Å². The van der Waals surface area contributed by atoms with Gasteiger partial charge in [-0.05, 0) is 31.5 Å². The van der Waals surface area contributed by atoms with Crippen LogP contribution in [0.3, 0.4) is 0 Å². The largest absolute Gasteiger partial charge is 0.409 e. The predicted octanol–water partition coefficient (Wildman–Crippen LogP) is 1.28. The maximum Gasteiger partial charge on any atom is 0.230 e. The fourth-order valence-corrected chi connectivity index (χ4v) is 2.16. The Morgan fingerprint density at radius 3 is 2.95 bits per heavy atom. The zero-order chi connectivity index (χ0) is 14.7. The molecule has 1 aromatic rings. The molecule has 0 aromatic heterocycles. The average Bonchev–Trinajstić information content (AvgIpc) is 2.86. The Kier molecular flexibility index (Phi) is 4.19. The van der Waals surface area contributed by atoms with Gasteiger partial charge in [0.25, 0.3) is 0 Å². The molecule has 2 unspecified atom stereocenters. The average molecular weight is 281 g/mol. The van der Waals surface area contributed by atoms with Crippen molar-refractivity contribution in [3.05, 3.63) is 29.6 Å². The van der Waals surface area contributed by atoms with Crippen molar-refractivity contribution in [2.75, 3.05) is 11.9 Å². The van der Waals surface area contributed by atoms with Crippen LogP contribution in [0, 0.1) is 11.7 Å². The van der Waals surface area contributed by atoms with Crippen molar-refractivity contribution in [3.8, 4) is 0 Å². The maximum atomic E-state index is 13.5. The highest BCUT2D eigenvalue weighted by Gasteiger charge is 2.30. The van der Waals surface area contributed by atoms with Crippen LogP contribution in [0.15, 0.2) is 23.4 Å². The molecule has 0 spiro atoms. The number of amides is 1. The first kappa shape index (κ1) is 14.3. The second kappa shape index (κ2) is 5.87. The molecule has 0 bridgehead atoms. The zero-order valence-corrected chi connectivity index (χ0v) is 11.0. The number of ether oxygens (including phenoxy) is 1. The number of hydrogen-bond acceptors (Lipinski definition) is 4. The summed E-state index contributed by atoms with van der Waals surface area (Å²) in [6, 6.07) is 3.89. The highest BCUT2D eigenvalue weighted by atomic mass is 19.1. The van der Waals surface area contributed by atoms with Crippen molar-refractivity contribution in [1.82, 2.24) is 0 Å². The van der Waals surface area contributed by atoms with E-state index in [9.17, 15) is 9.18 Å². The number of nitrogens with zero attached hydrogens (tertiary/aromatic N) is 1. The highest BCUT2D eigenvalue weighted by molar-refractivity contribution is 5.99. The number of carbonyl (C=O) groups excluding carboxylic acids is 1. The van der Waals surface area contributed by atoms with E-state index >= 15 is 0 Å². The normalized spacial score (nSPS) is 22.8. The monoisotopic (exact) mass is 281 g/mol. The molecular weight excluding hydrogens is 265 g/mol. The third-order valence-electron chi connectivity index (χ3n) is 3.33. The van der Waals surface area contributed by atoms with Crippen LogP contribution >= 0.6 is 0 Å². The zero-order valence-electron chi connectivity index (χ0n) is 11.0. The first-order valence-electron chi connectivity index (χ1n) is 6.23. The van der Waals surface area contributed by atoms with E-state index < -0.39 is 5.82 Å². The number of hydrogen-bond donors (Lipinski definition) is 3. The van der Waals surface area contributed by atoms with Gasteiger partial charge in [0.1, 0.15) is 5.82 Å². The van der Waals surface area contributed by atoms with Crippen molar-refractivity contribution in [3.63, 3.8) is 0 Å². The smallest absolute Gasteiger partial charge is 0.230 e. The van der Waals surface area contributed by atoms with Gasteiger partial charge in [0, 0.05) is 12.3 Å². The van der Waals surface area contributed by atoms with Gasteiger partial charge in [0.2, 0.25) is 5.91 Å². The maximum absolute atomic E-state index is 13.5. The number of halogens is 1. The van der Waals surface area contributed by atoms with Crippen LogP contribution in [0.25, 0.3) is 0 Å². The summed E-state index contributed by atoms with van der Waals surface area (Å²) in [5, 5.41) is 14.0. The van der Waals surface area contributed by atoms with Crippen molar-refractivity contribution >= 4 is 17.4 Å². The second-order valence-electron chi connectivity index (χ2n) is 4.64. The van der Waals surface area contributed by atoms with Crippen LogP contribution in [-0.4, -0.2) is 29.7 Å². The SMILES string of the molecule is CC1OCCC1C(=O)Nc1ccc(F)c(C(N)=NO)c1. The van der Waals surface area contributed by atoms with E-state index in [2.05, 4.69) is 10.5 Å². The fourth-order valence-electron chi connectivity index (χ4n) is 2.16. The summed E-state index contributed by atoms with van der Waals surface area (Å²) in [6.07, 6.45) is 0.514. The van der Waals surface area contributed by atoms with Crippen molar-refractivity contribution < 1.29 is 19.1 Å². The van der Waals surface area contributed by atoms with E-state index in [0.717, 1.165) is 6.07 Å². The molecule has 7 heteroatoms. The van der Waals surface area contributed by atoms with E-state index in [0.29, 0.717) is 18.7 Å². The molecule has 4 N–H and O–H groups in total. The van der Waals surface area contributed by atoms with Crippen molar-refractivity contribution in [2.45, 2.75) is 19.4 Å². The number of anilines is 1. The van der Waals surface area contributed by atoms with Gasteiger partial charge in [-0.2, -0.15) is 0 Å². The molecule has 1 aliphatic rings. The number of nitrogens with one attached hydrogen (secondary N) is 1. The van der Waals surface area contributed by atoms with Crippen LogP contribution in [0.2, 0.25) is 0 Å². The lowest BCUT2D eigenvalue weighted by molar-refractivity contribution is -0.121. The molecule has 0 aliphatic carbocycles. The molecule has 0 saturated carbocycles. The molecule has 6 nitrogen and oxygen atoms in total. The molecule has 1 heterocycles. The Balaban J connectivity index is 2.16. The number of nitrogens with two attached hydrogens (primary N) is 1. The number of carbonyl (C=O) groups is 1.